The van der Waals surface area contributed by atoms with Crippen LogP contribution in [-0.4, -0.2) is 77.8 Å². The molecule has 9 nitrogen and oxygen atoms in total. The van der Waals surface area contributed by atoms with E-state index in [0.717, 1.165) is 38.5 Å². The molecule has 3 aliphatic rings. The third-order valence-corrected chi connectivity index (χ3v) is 7.48. The Balaban J connectivity index is 1.80. The highest BCUT2D eigenvalue weighted by molar-refractivity contribution is 5.96. The van der Waals surface area contributed by atoms with Gasteiger partial charge in [-0.05, 0) is 37.5 Å². The number of hydrogen-bond donors (Lipinski definition) is 3. The van der Waals surface area contributed by atoms with Crippen LogP contribution in [0.1, 0.15) is 73.7 Å². The smallest absolute Gasteiger partial charge is 0.247 e. The van der Waals surface area contributed by atoms with Gasteiger partial charge in [0.15, 0.2) is 11.5 Å². The summed E-state index contributed by atoms with van der Waals surface area (Å²) in [6.07, 6.45) is 6.19. The molecular weight excluding hydrogens is 464 g/mol. The minimum absolute atomic E-state index is 0.0106. The topological polar surface area (TPSA) is 125 Å². The summed E-state index contributed by atoms with van der Waals surface area (Å²) in [6.45, 7) is 1.87. The molecule has 1 heterocycles. The number of amides is 2. The molecule has 9 heteroatoms. The first-order valence-electron chi connectivity index (χ1n) is 12.9. The fraction of sp³-hybridized carbons (Fsp3) is 0.593. The molecule has 1 fully saturated rings. The second kappa shape index (κ2) is 11.4. The lowest BCUT2D eigenvalue weighted by Crippen LogP contribution is -2.58. The van der Waals surface area contributed by atoms with Crippen LogP contribution in [0.25, 0.3) is 0 Å². The van der Waals surface area contributed by atoms with Gasteiger partial charge in [0.05, 0.1) is 25.7 Å². The maximum atomic E-state index is 13.4. The Labute approximate surface area is 211 Å². The monoisotopic (exact) mass is 500 g/mol. The van der Waals surface area contributed by atoms with Crippen LogP contribution in [-0.2, 0) is 9.59 Å². The minimum atomic E-state index is -1.09. The van der Waals surface area contributed by atoms with Crippen molar-refractivity contribution in [2.45, 2.75) is 82.1 Å². The fourth-order valence-corrected chi connectivity index (χ4v) is 5.78. The van der Waals surface area contributed by atoms with Gasteiger partial charge in [-0.3, -0.25) is 14.4 Å². The number of carbonyl (C=O) groups excluding carboxylic acids is 3. The van der Waals surface area contributed by atoms with Gasteiger partial charge in [-0.1, -0.05) is 26.2 Å². The van der Waals surface area contributed by atoms with Crippen LogP contribution in [0.4, 0.5) is 0 Å². The number of aliphatic hydroxyl groups excluding tert-OH is 2. The molecular formula is C27H36N2O7. The molecule has 3 N–H and O–H groups in total. The first kappa shape index (κ1) is 26.2. The van der Waals surface area contributed by atoms with Crippen molar-refractivity contribution in [3.63, 3.8) is 0 Å². The number of methoxy groups -OCH3 is 1. The lowest BCUT2D eigenvalue weighted by atomic mass is 9.77. The highest BCUT2D eigenvalue weighted by Crippen LogP contribution is 2.51. The third-order valence-electron chi connectivity index (χ3n) is 7.48. The summed E-state index contributed by atoms with van der Waals surface area (Å²) in [5.74, 6) is -0.378. The van der Waals surface area contributed by atoms with Crippen LogP contribution in [0, 0.1) is 0 Å². The van der Waals surface area contributed by atoms with Gasteiger partial charge in [0, 0.05) is 35.7 Å². The molecule has 0 aromatic heterocycles. The van der Waals surface area contributed by atoms with E-state index in [0.29, 0.717) is 40.9 Å². The Bertz CT molecular complexity index is 1020. The molecule has 0 saturated heterocycles. The Kier molecular flexibility index (Phi) is 8.31. The molecule has 4 atom stereocenters. The number of rotatable bonds is 10. The summed E-state index contributed by atoms with van der Waals surface area (Å²) in [5, 5.41) is 23.6. The zero-order chi connectivity index (χ0) is 25.8. The van der Waals surface area contributed by atoms with Crippen molar-refractivity contribution in [2.24, 2.45) is 0 Å². The number of hydrogen-bond acceptors (Lipinski definition) is 7. The Morgan fingerprint density at radius 1 is 1.28 bits per heavy atom. The highest BCUT2D eigenvalue weighted by atomic mass is 16.5. The van der Waals surface area contributed by atoms with Crippen molar-refractivity contribution in [2.75, 3.05) is 20.3 Å². The van der Waals surface area contributed by atoms with Crippen molar-refractivity contribution in [1.82, 2.24) is 10.2 Å². The number of unbranched alkanes of at least 4 members (excludes halogenated alkanes) is 1. The van der Waals surface area contributed by atoms with E-state index in [1.807, 2.05) is 6.92 Å². The standard InChI is InChI=1S/C27H36N2O7/c1-3-4-9-22(32)29(17-7-5-6-8-17)20-14-19(27(34)28-10-11-30)23-18-12-16(15-31)13-21(35-2)25(18)36-26(23)24(20)33/h12-15,17,20,23-24,26,30,33H,3-11H2,1-2H3,(H,28,34)/t20-,23+,24+,26+/m1/s1. The van der Waals surface area contributed by atoms with E-state index in [1.165, 1.54) is 7.11 Å². The molecule has 1 aromatic carbocycles. The van der Waals surface area contributed by atoms with Crippen LogP contribution < -0.4 is 14.8 Å². The number of aldehydes is 1. The van der Waals surface area contributed by atoms with E-state index < -0.39 is 30.1 Å². The first-order valence-corrected chi connectivity index (χ1v) is 12.9. The summed E-state index contributed by atoms with van der Waals surface area (Å²) >= 11 is 0. The van der Waals surface area contributed by atoms with Crippen molar-refractivity contribution >= 4 is 18.1 Å². The molecule has 0 unspecified atom stereocenters. The first-order chi connectivity index (χ1) is 17.4. The van der Waals surface area contributed by atoms with Gasteiger partial charge in [0.2, 0.25) is 11.8 Å². The van der Waals surface area contributed by atoms with Gasteiger partial charge < -0.3 is 29.9 Å². The number of benzene rings is 1. The SMILES string of the molecule is CCCCC(=O)N(C1CCCC1)[C@@H]1C=C(C(=O)NCCO)[C@@H]2c3cc(C=O)cc(OC)c3O[C@@H]2[C@H]1O. The number of fused-ring (bicyclic) bond motifs is 3. The van der Waals surface area contributed by atoms with Crippen molar-refractivity contribution < 1.29 is 34.1 Å². The summed E-state index contributed by atoms with van der Waals surface area (Å²) in [7, 11) is 1.47. The minimum Gasteiger partial charge on any atom is -0.493 e. The summed E-state index contributed by atoms with van der Waals surface area (Å²) in [4.78, 5) is 40.1. The van der Waals surface area contributed by atoms with E-state index in [9.17, 15) is 24.6 Å². The second-order valence-corrected chi connectivity index (χ2v) is 9.75. The molecule has 36 heavy (non-hydrogen) atoms. The van der Waals surface area contributed by atoms with Gasteiger partial charge in [-0.15, -0.1) is 0 Å². The van der Waals surface area contributed by atoms with Crippen LogP contribution in [0.15, 0.2) is 23.8 Å². The number of carbonyl (C=O) groups is 3. The van der Waals surface area contributed by atoms with E-state index in [2.05, 4.69) is 5.32 Å². The fourth-order valence-electron chi connectivity index (χ4n) is 5.78. The Hall–Kier alpha value is -2.91. The molecule has 1 aliphatic heterocycles. The molecule has 0 radical (unpaired) electrons. The van der Waals surface area contributed by atoms with Crippen LogP contribution in [0.5, 0.6) is 11.5 Å². The number of nitrogens with one attached hydrogen (secondary N) is 1. The lowest BCUT2D eigenvalue weighted by Gasteiger charge is -2.43. The van der Waals surface area contributed by atoms with Crippen LogP contribution in [0.3, 0.4) is 0 Å². The van der Waals surface area contributed by atoms with Gasteiger partial charge in [-0.2, -0.15) is 0 Å². The predicted molar refractivity (Wildman–Crippen MR) is 132 cm³/mol. The molecule has 1 aromatic rings. The second-order valence-electron chi connectivity index (χ2n) is 9.75. The normalized spacial score (nSPS) is 24.8. The Morgan fingerprint density at radius 2 is 2.03 bits per heavy atom. The average Bonchev–Trinajstić information content (AvgIpc) is 3.55. The van der Waals surface area contributed by atoms with E-state index in [1.54, 1.807) is 23.1 Å². The zero-order valence-corrected chi connectivity index (χ0v) is 20.9. The zero-order valence-electron chi connectivity index (χ0n) is 20.9. The molecule has 0 bridgehead atoms. The summed E-state index contributed by atoms with van der Waals surface area (Å²) in [6, 6.07) is 2.46. The molecule has 1 saturated carbocycles. The predicted octanol–water partition coefficient (Wildman–Crippen LogP) is 2.09. The van der Waals surface area contributed by atoms with Gasteiger partial charge >= 0.3 is 0 Å². The van der Waals surface area contributed by atoms with Gasteiger partial charge in [0.1, 0.15) is 18.5 Å². The average molecular weight is 501 g/mol. The van der Waals surface area contributed by atoms with E-state index in [-0.39, 0.29) is 25.1 Å². The van der Waals surface area contributed by atoms with Gasteiger partial charge in [0.25, 0.3) is 0 Å². The molecule has 0 spiro atoms. The largest absolute Gasteiger partial charge is 0.493 e. The molecule has 2 amide bonds. The maximum absolute atomic E-state index is 13.4. The van der Waals surface area contributed by atoms with Crippen molar-refractivity contribution in [3.8, 4) is 11.5 Å². The molecule has 196 valence electrons. The van der Waals surface area contributed by atoms with Gasteiger partial charge in [-0.25, -0.2) is 0 Å². The number of aliphatic hydroxyl groups is 2. The Morgan fingerprint density at radius 3 is 2.67 bits per heavy atom. The van der Waals surface area contributed by atoms with Crippen LogP contribution >= 0.6 is 0 Å². The highest BCUT2D eigenvalue weighted by Gasteiger charge is 2.52. The third kappa shape index (κ3) is 4.86. The van der Waals surface area contributed by atoms with Crippen LogP contribution in [0.2, 0.25) is 0 Å². The number of nitrogens with zero attached hydrogens (tertiary/aromatic N) is 1. The summed E-state index contributed by atoms with van der Waals surface area (Å²) < 4.78 is 11.7. The molecule has 2 aliphatic carbocycles. The number of ether oxygens (including phenoxy) is 2. The maximum Gasteiger partial charge on any atom is 0.247 e. The summed E-state index contributed by atoms with van der Waals surface area (Å²) in [5.41, 5.74) is 1.29. The van der Waals surface area contributed by atoms with Crippen molar-refractivity contribution in [1.29, 1.82) is 0 Å². The van der Waals surface area contributed by atoms with E-state index in [4.69, 9.17) is 9.47 Å². The van der Waals surface area contributed by atoms with E-state index >= 15 is 0 Å². The molecule has 4 rings (SSSR count). The van der Waals surface area contributed by atoms with Crippen molar-refractivity contribution in [3.05, 3.63) is 34.9 Å². The quantitative estimate of drug-likeness (QED) is 0.420. The lowest BCUT2D eigenvalue weighted by molar-refractivity contribution is -0.140.